The maximum absolute atomic E-state index is 13.0. The highest BCUT2D eigenvalue weighted by Gasteiger charge is 2.33. The highest BCUT2D eigenvalue weighted by atomic mass is 35.5. The molecule has 1 aliphatic heterocycles. The number of benzene rings is 1. The van der Waals surface area contributed by atoms with Crippen LogP contribution < -0.4 is 10.1 Å². The third-order valence-corrected chi connectivity index (χ3v) is 5.90. The van der Waals surface area contributed by atoms with E-state index in [9.17, 15) is 13.2 Å². The Morgan fingerprint density at radius 2 is 2.04 bits per heavy atom. The van der Waals surface area contributed by atoms with Crippen LogP contribution in [0.5, 0.6) is 5.75 Å². The van der Waals surface area contributed by atoms with E-state index in [0.717, 1.165) is 0 Å². The number of hydrogen-bond acceptors (Lipinski definition) is 5. The average molecular weight is 412 g/mol. The van der Waals surface area contributed by atoms with E-state index in [1.807, 2.05) is 6.92 Å². The van der Waals surface area contributed by atoms with Gasteiger partial charge in [0.15, 0.2) is 5.75 Å². The zero-order valence-electron chi connectivity index (χ0n) is 14.6. The number of carbonyl (C=O) groups excluding carboxylic acids is 1. The largest absolute Gasteiger partial charge is 0.494 e. The van der Waals surface area contributed by atoms with E-state index in [2.05, 4.69) is 5.32 Å². The summed E-state index contributed by atoms with van der Waals surface area (Å²) in [6.07, 6.45) is 0. The van der Waals surface area contributed by atoms with Crippen LogP contribution in [-0.4, -0.2) is 70.4 Å². The molecule has 0 spiro atoms. The molecule has 1 unspecified atom stereocenters. The van der Waals surface area contributed by atoms with Crippen LogP contribution in [0.2, 0.25) is 5.02 Å². The summed E-state index contributed by atoms with van der Waals surface area (Å²) in [6.45, 7) is 3.17. The number of carbonyl (C=O) groups is 1. The molecule has 1 fully saturated rings. The van der Waals surface area contributed by atoms with Crippen LogP contribution in [0.1, 0.15) is 17.3 Å². The highest BCUT2D eigenvalue weighted by molar-refractivity contribution is 7.89. The van der Waals surface area contributed by atoms with Crippen molar-refractivity contribution in [2.45, 2.75) is 17.9 Å². The number of amides is 1. The van der Waals surface area contributed by atoms with Crippen molar-refractivity contribution in [1.82, 2.24) is 14.5 Å². The number of piperazine rings is 1. The quantitative estimate of drug-likeness (QED) is 0.810. The second kappa shape index (κ2) is 8.55. The van der Waals surface area contributed by atoms with E-state index in [-0.39, 0.29) is 45.6 Å². The van der Waals surface area contributed by atoms with Crippen molar-refractivity contribution in [3.63, 3.8) is 0 Å². The summed E-state index contributed by atoms with van der Waals surface area (Å²) in [6, 6.07) is 2.79. The van der Waals surface area contributed by atoms with E-state index in [4.69, 9.17) is 16.3 Å². The van der Waals surface area contributed by atoms with Gasteiger partial charge in [0.1, 0.15) is 4.90 Å². The molecule has 0 saturated carbocycles. The summed E-state index contributed by atoms with van der Waals surface area (Å²) in [5.41, 5.74) is 0.122. The SMILES string of the molecule is COc1c(C(=O)N(C)C)cc(Cl)cc1S(=O)(=O)N1CCNC(C)C1.Cl. The van der Waals surface area contributed by atoms with E-state index in [0.29, 0.717) is 19.6 Å². The van der Waals surface area contributed by atoms with Crippen LogP contribution in [0.4, 0.5) is 0 Å². The maximum atomic E-state index is 13.0. The van der Waals surface area contributed by atoms with Gasteiger partial charge in [-0.3, -0.25) is 4.79 Å². The fourth-order valence-corrected chi connectivity index (χ4v) is 4.64. The molecule has 25 heavy (non-hydrogen) atoms. The Labute approximate surface area is 159 Å². The van der Waals surface area contributed by atoms with Crippen LogP contribution in [0, 0.1) is 0 Å². The van der Waals surface area contributed by atoms with Gasteiger partial charge < -0.3 is 15.0 Å². The number of sulfonamides is 1. The topological polar surface area (TPSA) is 79.0 Å². The minimum Gasteiger partial charge on any atom is -0.494 e. The monoisotopic (exact) mass is 411 g/mol. The van der Waals surface area contributed by atoms with Gasteiger partial charge in [0.05, 0.1) is 12.7 Å². The summed E-state index contributed by atoms with van der Waals surface area (Å²) in [5, 5.41) is 3.37. The first kappa shape index (κ1) is 22.0. The van der Waals surface area contributed by atoms with Crippen LogP contribution in [0.25, 0.3) is 0 Å². The van der Waals surface area contributed by atoms with Crippen molar-refractivity contribution < 1.29 is 17.9 Å². The number of rotatable bonds is 4. The van der Waals surface area contributed by atoms with Crippen LogP contribution in [-0.2, 0) is 10.0 Å². The van der Waals surface area contributed by atoms with E-state index < -0.39 is 10.0 Å². The zero-order chi connectivity index (χ0) is 18.1. The summed E-state index contributed by atoms with van der Waals surface area (Å²) >= 11 is 6.08. The van der Waals surface area contributed by atoms with Gasteiger partial charge in [-0.1, -0.05) is 11.6 Å². The van der Waals surface area contributed by atoms with Crippen LogP contribution >= 0.6 is 24.0 Å². The van der Waals surface area contributed by atoms with Gasteiger partial charge >= 0.3 is 0 Å². The molecule has 0 aromatic heterocycles. The van der Waals surface area contributed by atoms with Gasteiger partial charge in [0.25, 0.3) is 5.91 Å². The van der Waals surface area contributed by atoms with Crippen molar-refractivity contribution in [2.75, 3.05) is 40.8 Å². The minimum atomic E-state index is -3.83. The Morgan fingerprint density at radius 3 is 2.56 bits per heavy atom. The Balaban J connectivity index is 0.00000312. The Bertz CT molecular complexity index is 741. The van der Waals surface area contributed by atoms with Gasteiger partial charge in [0.2, 0.25) is 10.0 Å². The highest BCUT2D eigenvalue weighted by Crippen LogP contribution is 2.34. The standard InChI is InChI=1S/C15H22ClN3O4S.ClH/c1-10-9-19(6-5-17-10)24(21,22)13-8-11(16)7-12(14(13)23-4)15(20)18(2)3;/h7-8,10,17H,5-6,9H2,1-4H3;1H. The summed E-state index contributed by atoms with van der Waals surface area (Å²) in [7, 11) is 0.670. The molecule has 1 heterocycles. The minimum absolute atomic E-state index is 0. The van der Waals surface area contributed by atoms with Crippen molar-refractivity contribution in [3.8, 4) is 5.75 Å². The van der Waals surface area contributed by atoms with Crippen LogP contribution in [0.15, 0.2) is 17.0 Å². The number of methoxy groups -OCH3 is 1. The lowest BCUT2D eigenvalue weighted by Gasteiger charge is -2.31. The lowest BCUT2D eigenvalue weighted by atomic mass is 10.2. The van der Waals surface area contributed by atoms with E-state index in [1.165, 1.54) is 28.4 Å². The Kier molecular flexibility index (Phi) is 7.52. The fourth-order valence-electron chi connectivity index (χ4n) is 2.62. The second-order valence-corrected chi connectivity index (χ2v) is 8.25. The number of halogens is 2. The number of hydrogen-bond donors (Lipinski definition) is 1. The molecule has 0 radical (unpaired) electrons. The summed E-state index contributed by atoms with van der Waals surface area (Å²) in [4.78, 5) is 13.6. The molecular formula is C15H23Cl2N3O4S. The fraction of sp³-hybridized carbons (Fsp3) is 0.533. The average Bonchev–Trinajstić information content (AvgIpc) is 2.53. The number of nitrogens with one attached hydrogen (secondary N) is 1. The normalized spacial score (nSPS) is 18.4. The molecule has 1 aromatic carbocycles. The summed E-state index contributed by atoms with van der Waals surface area (Å²) < 4.78 is 32.7. The van der Waals surface area contributed by atoms with Gasteiger partial charge in [-0.05, 0) is 19.1 Å². The zero-order valence-corrected chi connectivity index (χ0v) is 17.0. The molecule has 1 saturated heterocycles. The first-order valence-corrected chi connectivity index (χ1v) is 9.33. The predicted octanol–water partition coefficient (Wildman–Crippen LogP) is 1.45. The van der Waals surface area contributed by atoms with E-state index >= 15 is 0 Å². The third kappa shape index (κ3) is 4.57. The van der Waals surface area contributed by atoms with Gasteiger partial charge in [-0.15, -0.1) is 12.4 Å². The molecule has 1 atom stereocenters. The van der Waals surface area contributed by atoms with Crippen molar-refractivity contribution in [2.24, 2.45) is 0 Å². The van der Waals surface area contributed by atoms with Gasteiger partial charge in [-0.2, -0.15) is 4.31 Å². The molecular weight excluding hydrogens is 389 g/mol. The Hall–Kier alpha value is -1.06. The molecule has 2 rings (SSSR count). The lowest BCUT2D eigenvalue weighted by molar-refractivity contribution is 0.0823. The molecule has 1 N–H and O–H groups in total. The van der Waals surface area contributed by atoms with E-state index in [1.54, 1.807) is 14.1 Å². The molecule has 0 bridgehead atoms. The summed E-state index contributed by atoms with van der Waals surface area (Å²) in [5.74, 6) is -0.358. The predicted molar refractivity (Wildman–Crippen MR) is 99.5 cm³/mol. The van der Waals surface area contributed by atoms with Crippen molar-refractivity contribution >= 4 is 39.9 Å². The molecule has 1 amide bonds. The van der Waals surface area contributed by atoms with Crippen molar-refractivity contribution in [3.05, 3.63) is 22.7 Å². The maximum Gasteiger partial charge on any atom is 0.257 e. The molecule has 1 aliphatic rings. The molecule has 7 nitrogen and oxygen atoms in total. The molecule has 142 valence electrons. The van der Waals surface area contributed by atoms with Gasteiger partial charge in [0, 0.05) is 44.8 Å². The Morgan fingerprint density at radius 1 is 1.40 bits per heavy atom. The van der Waals surface area contributed by atoms with Crippen molar-refractivity contribution in [1.29, 1.82) is 0 Å². The second-order valence-electron chi connectivity index (χ2n) is 5.90. The number of nitrogens with zero attached hydrogens (tertiary/aromatic N) is 2. The third-order valence-electron chi connectivity index (χ3n) is 3.81. The molecule has 10 heteroatoms. The molecule has 0 aliphatic carbocycles. The first-order chi connectivity index (χ1) is 11.2. The lowest BCUT2D eigenvalue weighted by Crippen LogP contribution is -2.51. The smallest absolute Gasteiger partial charge is 0.257 e. The van der Waals surface area contributed by atoms with Gasteiger partial charge in [-0.25, -0.2) is 8.42 Å². The van der Waals surface area contributed by atoms with Crippen LogP contribution in [0.3, 0.4) is 0 Å². The first-order valence-electron chi connectivity index (χ1n) is 7.51. The molecule has 1 aromatic rings. The number of ether oxygens (including phenoxy) is 1.